The van der Waals surface area contributed by atoms with E-state index < -0.39 is 0 Å². The fourth-order valence-electron chi connectivity index (χ4n) is 1.71. The van der Waals surface area contributed by atoms with Gasteiger partial charge >= 0.3 is 5.97 Å². The fourth-order valence-corrected chi connectivity index (χ4v) is 2.74. The van der Waals surface area contributed by atoms with Gasteiger partial charge in [0.2, 0.25) is 0 Å². The summed E-state index contributed by atoms with van der Waals surface area (Å²) in [6, 6.07) is 0. The lowest BCUT2D eigenvalue weighted by Crippen LogP contribution is -2.17. The van der Waals surface area contributed by atoms with Crippen LogP contribution < -0.4 is 4.90 Å². The molecule has 0 bridgehead atoms. The highest BCUT2D eigenvalue weighted by atomic mass is 32.1. The van der Waals surface area contributed by atoms with Gasteiger partial charge in [-0.15, -0.1) is 0 Å². The zero-order valence-electron chi connectivity index (χ0n) is 8.95. The van der Waals surface area contributed by atoms with Crippen LogP contribution in [0, 0.1) is 6.92 Å². The molecule has 0 aliphatic carbocycles. The predicted molar refractivity (Wildman–Crippen MR) is 59.6 cm³/mol. The monoisotopic (exact) mass is 226 g/mol. The average Bonchev–Trinajstić information content (AvgIpc) is 2.84. The summed E-state index contributed by atoms with van der Waals surface area (Å²) in [5.41, 5.74) is 0.772. The van der Waals surface area contributed by atoms with Gasteiger partial charge in [-0.25, -0.2) is 9.78 Å². The third-order valence-corrected chi connectivity index (χ3v) is 3.73. The maximum absolute atomic E-state index is 11.4. The van der Waals surface area contributed by atoms with Crippen LogP contribution in [0.25, 0.3) is 0 Å². The molecule has 1 aliphatic heterocycles. The summed E-state index contributed by atoms with van der Waals surface area (Å²) < 4.78 is 4.71. The van der Waals surface area contributed by atoms with Crippen LogP contribution in [0.3, 0.4) is 0 Å². The molecule has 5 heteroatoms. The van der Waals surface area contributed by atoms with Gasteiger partial charge < -0.3 is 9.64 Å². The van der Waals surface area contributed by atoms with E-state index in [0.717, 1.165) is 23.9 Å². The molecule has 15 heavy (non-hydrogen) atoms. The lowest BCUT2D eigenvalue weighted by atomic mass is 10.4. The second-order valence-corrected chi connectivity index (χ2v) is 4.57. The smallest absolute Gasteiger partial charge is 0.350 e. The minimum Gasteiger partial charge on any atom is -0.465 e. The number of esters is 1. The first-order valence-electron chi connectivity index (χ1n) is 5.03. The molecule has 0 saturated carbocycles. The van der Waals surface area contributed by atoms with Crippen LogP contribution in [0.5, 0.6) is 0 Å². The van der Waals surface area contributed by atoms with Gasteiger partial charge in [0.05, 0.1) is 12.8 Å². The average molecular weight is 226 g/mol. The number of aryl methyl sites for hydroxylation is 1. The molecule has 0 atom stereocenters. The van der Waals surface area contributed by atoms with Crippen molar-refractivity contribution in [1.29, 1.82) is 0 Å². The van der Waals surface area contributed by atoms with Gasteiger partial charge in [-0.2, -0.15) is 0 Å². The van der Waals surface area contributed by atoms with Gasteiger partial charge in [-0.05, 0) is 19.8 Å². The summed E-state index contributed by atoms with van der Waals surface area (Å²) in [5.74, 6) is -0.282. The maximum atomic E-state index is 11.4. The zero-order valence-corrected chi connectivity index (χ0v) is 9.76. The molecule has 2 rings (SSSR count). The summed E-state index contributed by atoms with van der Waals surface area (Å²) in [6.07, 6.45) is 2.43. The molecule has 1 aromatic rings. The minimum atomic E-state index is -0.282. The number of rotatable bonds is 2. The highest BCUT2D eigenvalue weighted by Gasteiger charge is 2.20. The minimum absolute atomic E-state index is 0.282. The van der Waals surface area contributed by atoms with E-state index in [0.29, 0.717) is 4.88 Å². The predicted octanol–water partition coefficient (Wildman–Crippen LogP) is 1.84. The molecule has 1 aromatic heterocycles. The number of aromatic nitrogens is 1. The number of nitrogens with zero attached hydrogens (tertiary/aromatic N) is 2. The Bertz CT molecular complexity index is 369. The fraction of sp³-hybridized carbons (Fsp3) is 0.600. The number of anilines is 1. The van der Waals surface area contributed by atoms with Gasteiger partial charge in [-0.3, -0.25) is 0 Å². The molecule has 2 heterocycles. The zero-order chi connectivity index (χ0) is 10.8. The van der Waals surface area contributed by atoms with Crippen LogP contribution in [-0.2, 0) is 4.74 Å². The Morgan fingerprint density at radius 3 is 2.73 bits per heavy atom. The second-order valence-electron chi connectivity index (χ2n) is 3.60. The second kappa shape index (κ2) is 4.18. The first-order chi connectivity index (χ1) is 7.22. The highest BCUT2D eigenvalue weighted by Crippen LogP contribution is 2.28. The van der Waals surface area contributed by atoms with Crippen molar-refractivity contribution in [2.45, 2.75) is 19.8 Å². The molecule has 82 valence electrons. The molecule has 0 N–H and O–H groups in total. The number of carbonyl (C=O) groups excluding carboxylic acids is 1. The van der Waals surface area contributed by atoms with Crippen molar-refractivity contribution < 1.29 is 9.53 Å². The van der Waals surface area contributed by atoms with E-state index in [9.17, 15) is 4.79 Å². The Morgan fingerprint density at radius 2 is 2.13 bits per heavy atom. The third kappa shape index (κ3) is 1.97. The van der Waals surface area contributed by atoms with Crippen LogP contribution >= 0.6 is 11.3 Å². The number of carbonyl (C=O) groups is 1. The Balaban J connectivity index is 2.23. The Labute approximate surface area is 92.9 Å². The first-order valence-corrected chi connectivity index (χ1v) is 5.84. The van der Waals surface area contributed by atoms with E-state index >= 15 is 0 Å². The molecular formula is C10H14N2O2S. The normalized spacial score (nSPS) is 15.7. The molecule has 0 radical (unpaired) electrons. The molecule has 1 aliphatic rings. The first kappa shape index (κ1) is 10.4. The van der Waals surface area contributed by atoms with E-state index in [1.54, 1.807) is 0 Å². The Morgan fingerprint density at radius 1 is 1.47 bits per heavy atom. The molecule has 4 nitrogen and oxygen atoms in total. The molecule has 1 saturated heterocycles. The van der Waals surface area contributed by atoms with Crippen LogP contribution in [0.2, 0.25) is 0 Å². The lowest BCUT2D eigenvalue weighted by Gasteiger charge is -2.11. The largest absolute Gasteiger partial charge is 0.465 e. The van der Waals surface area contributed by atoms with Gasteiger partial charge in [0.25, 0.3) is 0 Å². The van der Waals surface area contributed by atoms with E-state index in [2.05, 4.69) is 9.88 Å². The summed E-state index contributed by atoms with van der Waals surface area (Å²) in [7, 11) is 1.40. The van der Waals surface area contributed by atoms with Crippen molar-refractivity contribution in [2.75, 3.05) is 25.1 Å². The van der Waals surface area contributed by atoms with Gasteiger partial charge in [-0.1, -0.05) is 11.3 Å². The number of hydrogen-bond acceptors (Lipinski definition) is 5. The van der Waals surface area contributed by atoms with Crippen molar-refractivity contribution in [1.82, 2.24) is 4.98 Å². The lowest BCUT2D eigenvalue weighted by molar-refractivity contribution is 0.0605. The number of thiazole rings is 1. The van der Waals surface area contributed by atoms with Crippen LogP contribution in [0.1, 0.15) is 28.2 Å². The Hall–Kier alpha value is -1.10. The van der Waals surface area contributed by atoms with Gasteiger partial charge in [0.1, 0.15) is 4.88 Å². The molecule has 0 spiro atoms. The molecule has 0 amide bonds. The molecular weight excluding hydrogens is 212 g/mol. The van der Waals surface area contributed by atoms with E-state index in [1.807, 2.05) is 6.92 Å². The van der Waals surface area contributed by atoms with Gasteiger partial charge in [0, 0.05) is 13.1 Å². The van der Waals surface area contributed by atoms with Crippen LogP contribution in [0.4, 0.5) is 5.13 Å². The number of methoxy groups -OCH3 is 1. The van der Waals surface area contributed by atoms with E-state index in [4.69, 9.17) is 4.74 Å². The summed E-state index contributed by atoms with van der Waals surface area (Å²) in [6.45, 7) is 3.95. The van der Waals surface area contributed by atoms with Crippen molar-refractivity contribution in [2.24, 2.45) is 0 Å². The molecule has 0 aromatic carbocycles. The number of ether oxygens (including phenoxy) is 1. The van der Waals surface area contributed by atoms with Crippen LogP contribution in [-0.4, -0.2) is 31.2 Å². The summed E-state index contributed by atoms with van der Waals surface area (Å²) in [5, 5.41) is 0.949. The van der Waals surface area contributed by atoms with Crippen LogP contribution in [0.15, 0.2) is 0 Å². The number of hydrogen-bond donors (Lipinski definition) is 0. The van der Waals surface area contributed by atoms with Crippen molar-refractivity contribution in [3.05, 3.63) is 10.6 Å². The van der Waals surface area contributed by atoms with Gasteiger partial charge in [0.15, 0.2) is 5.13 Å². The van der Waals surface area contributed by atoms with E-state index in [-0.39, 0.29) is 5.97 Å². The summed E-state index contributed by atoms with van der Waals surface area (Å²) >= 11 is 1.43. The quantitative estimate of drug-likeness (QED) is 0.722. The SMILES string of the molecule is COC(=O)c1sc(N2CCCC2)nc1C. The topological polar surface area (TPSA) is 42.4 Å². The van der Waals surface area contributed by atoms with Crippen molar-refractivity contribution in [3.63, 3.8) is 0 Å². The highest BCUT2D eigenvalue weighted by molar-refractivity contribution is 7.17. The molecule has 1 fully saturated rings. The Kier molecular flexibility index (Phi) is 2.90. The van der Waals surface area contributed by atoms with E-state index in [1.165, 1.54) is 31.3 Å². The maximum Gasteiger partial charge on any atom is 0.350 e. The third-order valence-electron chi connectivity index (χ3n) is 2.53. The van der Waals surface area contributed by atoms with Crippen molar-refractivity contribution in [3.8, 4) is 0 Å². The summed E-state index contributed by atoms with van der Waals surface area (Å²) in [4.78, 5) is 18.6. The molecule has 0 unspecified atom stereocenters. The van der Waals surface area contributed by atoms with Crippen molar-refractivity contribution >= 4 is 22.4 Å². The standard InChI is InChI=1S/C10H14N2O2S/c1-7-8(9(13)14-2)15-10(11-7)12-5-3-4-6-12/h3-6H2,1-2H3.